The molecule has 24 heavy (non-hydrogen) atoms. The van der Waals surface area contributed by atoms with Crippen LogP contribution >= 0.6 is 0 Å². The van der Waals surface area contributed by atoms with E-state index in [-0.39, 0.29) is 11.9 Å². The summed E-state index contributed by atoms with van der Waals surface area (Å²) in [6.07, 6.45) is 7.73. The lowest BCUT2D eigenvalue weighted by Crippen LogP contribution is -2.31. The van der Waals surface area contributed by atoms with Crippen LogP contribution in [0, 0.1) is 0 Å². The van der Waals surface area contributed by atoms with Crippen molar-refractivity contribution in [3.63, 3.8) is 0 Å². The maximum atomic E-state index is 12.7. The molecule has 0 saturated heterocycles. The molecule has 6 heteroatoms. The minimum Gasteiger partial charge on any atom is -0.345 e. The average Bonchev–Trinajstić information content (AvgIpc) is 3.17. The van der Waals surface area contributed by atoms with Crippen LogP contribution in [-0.4, -0.2) is 25.7 Å². The predicted octanol–water partition coefficient (Wildman–Crippen LogP) is 2.47. The van der Waals surface area contributed by atoms with E-state index >= 15 is 0 Å². The molecule has 1 unspecified atom stereocenters. The van der Waals surface area contributed by atoms with Gasteiger partial charge in [0.2, 0.25) is 0 Å². The number of aryl methyl sites for hydroxylation is 1. The molecule has 3 aromatic rings. The smallest absolute Gasteiger partial charge is 0.251 e. The van der Waals surface area contributed by atoms with Crippen molar-refractivity contribution in [3.05, 3.63) is 71.9 Å². The second kappa shape index (κ2) is 6.23. The molecular weight excluding hydrogens is 302 g/mol. The van der Waals surface area contributed by atoms with Crippen LogP contribution < -0.4 is 5.32 Å². The number of fused-ring (bicyclic) bond motifs is 1. The molecule has 0 radical (unpaired) electrons. The Labute approximate surface area is 139 Å². The third-order valence-electron chi connectivity index (χ3n) is 4.34. The van der Waals surface area contributed by atoms with Gasteiger partial charge >= 0.3 is 0 Å². The van der Waals surface area contributed by atoms with E-state index in [9.17, 15) is 4.79 Å². The van der Waals surface area contributed by atoms with E-state index in [4.69, 9.17) is 0 Å². The molecule has 1 atom stereocenters. The summed E-state index contributed by atoms with van der Waals surface area (Å²) in [5.74, 6) is 0.477. The van der Waals surface area contributed by atoms with Gasteiger partial charge in [-0.1, -0.05) is 24.3 Å². The molecule has 2 aromatic heterocycles. The van der Waals surface area contributed by atoms with Crippen LogP contribution in [0.2, 0.25) is 0 Å². The van der Waals surface area contributed by atoms with Crippen molar-refractivity contribution in [2.24, 2.45) is 0 Å². The lowest BCUT2D eigenvalue weighted by atomic mass is 9.87. The number of nitrogens with zero attached hydrogens (tertiary/aromatic N) is 4. The first-order chi connectivity index (χ1) is 11.8. The first-order valence-electron chi connectivity index (χ1n) is 8.01. The lowest BCUT2D eigenvalue weighted by molar-refractivity contribution is 0.0932. The van der Waals surface area contributed by atoms with E-state index in [2.05, 4.69) is 38.6 Å². The highest BCUT2D eigenvalue weighted by atomic mass is 16.1. The molecule has 2 heterocycles. The number of hydrogen-bond acceptors (Lipinski definition) is 4. The Morgan fingerprint density at radius 3 is 3.04 bits per heavy atom. The number of benzene rings is 1. The van der Waals surface area contributed by atoms with Crippen LogP contribution in [0.15, 0.2) is 55.2 Å². The van der Waals surface area contributed by atoms with Gasteiger partial charge in [-0.05, 0) is 42.5 Å². The Balaban J connectivity index is 1.56. The Morgan fingerprint density at radius 2 is 2.17 bits per heavy atom. The quantitative estimate of drug-likeness (QED) is 0.805. The molecule has 120 valence electrons. The summed E-state index contributed by atoms with van der Waals surface area (Å²) < 4.78 is 1.53. The Bertz CT molecular complexity index is 859. The summed E-state index contributed by atoms with van der Waals surface area (Å²) in [5, 5.41) is 7.20. The van der Waals surface area contributed by atoms with Crippen molar-refractivity contribution >= 4 is 5.91 Å². The van der Waals surface area contributed by atoms with E-state index in [1.54, 1.807) is 24.7 Å². The molecule has 1 aliphatic rings. The fourth-order valence-electron chi connectivity index (χ4n) is 3.16. The van der Waals surface area contributed by atoms with Crippen LogP contribution in [-0.2, 0) is 6.42 Å². The van der Waals surface area contributed by atoms with Crippen molar-refractivity contribution in [2.75, 3.05) is 0 Å². The minimum atomic E-state index is -0.0968. The molecule has 0 spiro atoms. The van der Waals surface area contributed by atoms with Gasteiger partial charge in [-0.3, -0.25) is 4.79 Å². The number of carbonyl (C=O) groups excluding carboxylic acids is 1. The van der Waals surface area contributed by atoms with Crippen molar-refractivity contribution < 1.29 is 4.79 Å². The number of carbonyl (C=O) groups is 1. The summed E-state index contributed by atoms with van der Waals surface area (Å²) in [4.78, 5) is 20.8. The summed E-state index contributed by atoms with van der Waals surface area (Å²) in [5.41, 5.74) is 3.12. The van der Waals surface area contributed by atoms with Gasteiger partial charge in [-0.25, -0.2) is 14.6 Å². The van der Waals surface area contributed by atoms with Crippen LogP contribution in [0.1, 0.15) is 40.4 Å². The first-order valence-corrected chi connectivity index (χ1v) is 8.01. The average molecular weight is 319 g/mol. The fraction of sp³-hybridized carbons (Fsp3) is 0.222. The monoisotopic (exact) mass is 319 g/mol. The highest BCUT2D eigenvalue weighted by Crippen LogP contribution is 2.29. The largest absolute Gasteiger partial charge is 0.345 e. The van der Waals surface area contributed by atoms with Crippen molar-refractivity contribution in [3.8, 4) is 5.82 Å². The van der Waals surface area contributed by atoms with Crippen LogP contribution in [0.5, 0.6) is 0 Å². The molecule has 0 saturated carbocycles. The first kappa shape index (κ1) is 14.6. The maximum absolute atomic E-state index is 12.7. The zero-order valence-electron chi connectivity index (χ0n) is 13.1. The Morgan fingerprint density at radius 1 is 1.25 bits per heavy atom. The topological polar surface area (TPSA) is 72.7 Å². The Kier molecular flexibility index (Phi) is 3.78. The highest BCUT2D eigenvalue weighted by Gasteiger charge is 2.22. The van der Waals surface area contributed by atoms with Gasteiger partial charge in [-0.15, -0.1) is 0 Å². The summed E-state index contributed by atoms with van der Waals surface area (Å²) in [6.45, 7) is 0. The van der Waals surface area contributed by atoms with E-state index in [1.165, 1.54) is 22.1 Å². The maximum Gasteiger partial charge on any atom is 0.251 e. The van der Waals surface area contributed by atoms with Gasteiger partial charge in [-0.2, -0.15) is 5.10 Å². The number of hydrogen-bond donors (Lipinski definition) is 1. The lowest BCUT2D eigenvalue weighted by Gasteiger charge is -2.26. The standard InChI is InChI=1S/C18H17N5O/c24-18(14-8-9-20-17(10-14)23-12-19-11-21-23)22-16-7-3-5-13-4-1-2-6-15(13)16/h1-2,4,6,8-12,16H,3,5,7H2,(H,22,24). The summed E-state index contributed by atoms with van der Waals surface area (Å²) >= 11 is 0. The van der Waals surface area contributed by atoms with Gasteiger partial charge in [0.1, 0.15) is 12.7 Å². The van der Waals surface area contributed by atoms with Gasteiger partial charge < -0.3 is 5.32 Å². The van der Waals surface area contributed by atoms with E-state index < -0.39 is 0 Å². The fourth-order valence-corrected chi connectivity index (χ4v) is 3.16. The van der Waals surface area contributed by atoms with Crippen LogP contribution in [0.4, 0.5) is 0 Å². The number of aromatic nitrogens is 4. The summed E-state index contributed by atoms with van der Waals surface area (Å²) in [6, 6.07) is 11.8. The molecular formula is C18H17N5O. The zero-order chi connectivity index (χ0) is 16.4. The van der Waals surface area contributed by atoms with Crippen molar-refractivity contribution in [1.29, 1.82) is 0 Å². The molecule has 1 aliphatic carbocycles. The molecule has 0 fully saturated rings. The molecule has 4 rings (SSSR count). The molecule has 0 bridgehead atoms. The Hall–Kier alpha value is -3.02. The van der Waals surface area contributed by atoms with Crippen LogP contribution in [0.25, 0.3) is 5.82 Å². The van der Waals surface area contributed by atoms with Crippen molar-refractivity contribution in [2.45, 2.75) is 25.3 Å². The third kappa shape index (κ3) is 2.78. The van der Waals surface area contributed by atoms with E-state index in [1.807, 2.05) is 6.07 Å². The SMILES string of the molecule is O=C(NC1CCCc2ccccc21)c1ccnc(-n2cncn2)c1. The molecule has 1 aromatic carbocycles. The van der Waals surface area contributed by atoms with E-state index in [0.29, 0.717) is 11.4 Å². The van der Waals surface area contributed by atoms with Gasteiger partial charge in [0.05, 0.1) is 6.04 Å². The number of amides is 1. The van der Waals surface area contributed by atoms with Crippen molar-refractivity contribution in [1.82, 2.24) is 25.1 Å². The predicted molar refractivity (Wildman–Crippen MR) is 88.7 cm³/mol. The van der Waals surface area contributed by atoms with Crippen LogP contribution in [0.3, 0.4) is 0 Å². The van der Waals surface area contributed by atoms with Gasteiger partial charge in [0.25, 0.3) is 5.91 Å². The van der Waals surface area contributed by atoms with E-state index in [0.717, 1.165) is 19.3 Å². The summed E-state index contributed by atoms with van der Waals surface area (Å²) in [7, 11) is 0. The van der Waals surface area contributed by atoms with Gasteiger partial charge in [0.15, 0.2) is 5.82 Å². The highest BCUT2D eigenvalue weighted by molar-refractivity contribution is 5.94. The minimum absolute atomic E-state index is 0.0606. The molecule has 6 nitrogen and oxygen atoms in total. The normalized spacial score (nSPS) is 16.4. The third-order valence-corrected chi connectivity index (χ3v) is 4.34. The number of nitrogens with one attached hydrogen (secondary N) is 1. The van der Waals surface area contributed by atoms with Gasteiger partial charge in [0, 0.05) is 11.8 Å². The molecule has 1 N–H and O–H groups in total. The molecule has 1 amide bonds. The number of rotatable bonds is 3. The second-order valence-electron chi connectivity index (χ2n) is 5.86. The molecule has 0 aliphatic heterocycles. The second-order valence-corrected chi connectivity index (χ2v) is 5.86. The zero-order valence-corrected chi connectivity index (χ0v) is 13.1. The number of pyridine rings is 1.